The lowest BCUT2D eigenvalue weighted by molar-refractivity contribution is -0.114. The molecule has 0 saturated carbocycles. The van der Waals surface area contributed by atoms with Gasteiger partial charge in [0.2, 0.25) is 5.91 Å². The summed E-state index contributed by atoms with van der Waals surface area (Å²) in [7, 11) is 1.86. The van der Waals surface area contributed by atoms with E-state index in [1.165, 1.54) is 25.1 Å². The number of aryl methyl sites for hydroxylation is 1. The van der Waals surface area contributed by atoms with E-state index in [-0.39, 0.29) is 5.91 Å². The Labute approximate surface area is 143 Å². The Balaban J connectivity index is 2.08. The molecule has 1 N–H and O–H groups in total. The number of nitrogens with one attached hydrogen (secondary N) is 1. The van der Waals surface area contributed by atoms with Crippen LogP contribution in [0.4, 0.5) is 10.1 Å². The fourth-order valence-electron chi connectivity index (χ4n) is 2.49. The molecule has 4 nitrogen and oxygen atoms in total. The summed E-state index contributed by atoms with van der Waals surface area (Å²) in [5.41, 5.74) is 2.52. The maximum atomic E-state index is 13.7. The van der Waals surface area contributed by atoms with Crippen molar-refractivity contribution in [2.45, 2.75) is 6.92 Å². The summed E-state index contributed by atoms with van der Waals surface area (Å²) in [6.07, 6.45) is 1.80. The minimum Gasteiger partial charge on any atom is -0.333 e. The lowest BCUT2D eigenvalue weighted by Crippen LogP contribution is -2.07. The number of aromatic nitrogens is 2. The van der Waals surface area contributed by atoms with Gasteiger partial charge in [0.15, 0.2) is 0 Å². The first kappa shape index (κ1) is 16.2. The van der Waals surface area contributed by atoms with Gasteiger partial charge < -0.3 is 9.88 Å². The zero-order valence-electron chi connectivity index (χ0n) is 13.2. The third kappa shape index (κ3) is 3.31. The van der Waals surface area contributed by atoms with Crippen LogP contribution in [0.15, 0.2) is 48.7 Å². The summed E-state index contributed by atoms with van der Waals surface area (Å²) in [6.45, 7) is 1.41. The van der Waals surface area contributed by atoms with E-state index in [2.05, 4.69) is 10.3 Å². The largest absolute Gasteiger partial charge is 0.333 e. The first-order chi connectivity index (χ1) is 11.4. The molecule has 2 aromatic carbocycles. The molecule has 3 aromatic rings. The van der Waals surface area contributed by atoms with Gasteiger partial charge >= 0.3 is 0 Å². The molecule has 122 valence electrons. The first-order valence-electron chi connectivity index (χ1n) is 7.31. The average Bonchev–Trinajstić information content (AvgIpc) is 2.91. The van der Waals surface area contributed by atoms with E-state index in [0.29, 0.717) is 22.0 Å². The number of amides is 1. The van der Waals surface area contributed by atoms with Gasteiger partial charge in [-0.1, -0.05) is 11.6 Å². The van der Waals surface area contributed by atoms with Gasteiger partial charge in [-0.3, -0.25) is 4.79 Å². The van der Waals surface area contributed by atoms with Crippen molar-refractivity contribution in [1.82, 2.24) is 9.55 Å². The van der Waals surface area contributed by atoms with E-state index >= 15 is 0 Å². The highest BCUT2D eigenvalue weighted by Crippen LogP contribution is 2.30. The summed E-state index contributed by atoms with van der Waals surface area (Å²) in [4.78, 5) is 16.0. The molecule has 0 unspecified atom stereocenters. The van der Waals surface area contributed by atoms with E-state index in [0.717, 1.165) is 11.4 Å². The van der Waals surface area contributed by atoms with Crippen molar-refractivity contribution >= 4 is 23.2 Å². The van der Waals surface area contributed by atoms with Crippen LogP contribution >= 0.6 is 11.6 Å². The molecule has 0 aliphatic heterocycles. The van der Waals surface area contributed by atoms with Crippen molar-refractivity contribution in [2.24, 2.45) is 7.05 Å². The maximum Gasteiger partial charge on any atom is 0.221 e. The number of imidazole rings is 1. The van der Waals surface area contributed by atoms with E-state index in [9.17, 15) is 9.18 Å². The van der Waals surface area contributed by atoms with Crippen LogP contribution in [0.2, 0.25) is 5.02 Å². The van der Waals surface area contributed by atoms with Crippen molar-refractivity contribution in [2.75, 3.05) is 5.32 Å². The molecular formula is C18H15ClFN3O. The Kier molecular flexibility index (Phi) is 4.36. The molecule has 0 bridgehead atoms. The normalized spacial score (nSPS) is 10.7. The highest BCUT2D eigenvalue weighted by Gasteiger charge is 2.14. The zero-order valence-corrected chi connectivity index (χ0v) is 13.9. The molecular weight excluding hydrogens is 329 g/mol. The molecule has 0 atom stereocenters. The average molecular weight is 344 g/mol. The molecule has 0 aliphatic carbocycles. The molecule has 0 fully saturated rings. The van der Waals surface area contributed by atoms with Crippen molar-refractivity contribution in [1.29, 1.82) is 0 Å². The summed E-state index contributed by atoms with van der Waals surface area (Å²) in [6, 6.07) is 11.5. The van der Waals surface area contributed by atoms with Crippen LogP contribution < -0.4 is 5.32 Å². The number of hydrogen-bond donors (Lipinski definition) is 1. The topological polar surface area (TPSA) is 46.9 Å². The van der Waals surface area contributed by atoms with Crippen molar-refractivity contribution in [3.63, 3.8) is 0 Å². The summed E-state index contributed by atoms with van der Waals surface area (Å²) >= 11 is 5.92. The molecule has 1 aromatic heterocycles. The third-order valence-corrected chi connectivity index (χ3v) is 3.80. The number of hydrogen-bond acceptors (Lipinski definition) is 2. The van der Waals surface area contributed by atoms with Crippen LogP contribution in [0.25, 0.3) is 22.6 Å². The van der Waals surface area contributed by atoms with Gasteiger partial charge in [-0.15, -0.1) is 0 Å². The Hall–Kier alpha value is -2.66. The Morgan fingerprint density at radius 2 is 1.92 bits per heavy atom. The number of benzene rings is 2. The van der Waals surface area contributed by atoms with Crippen molar-refractivity contribution in [3.05, 3.63) is 59.5 Å². The second kappa shape index (κ2) is 6.45. The third-order valence-electron chi connectivity index (χ3n) is 3.55. The van der Waals surface area contributed by atoms with Crippen LogP contribution in [0, 0.1) is 5.82 Å². The lowest BCUT2D eigenvalue weighted by Gasteiger charge is -2.08. The minimum atomic E-state index is -0.391. The molecule has 1 amide bonds. The standard InChI is InChI=1S/C18H15ClFN3O/c1-11(24)21-16-8-7-14(20)9-15(16)17-10-23(2)18(22-17)12-3-5-13(19)6-4-12/h3-10H,1-2H3,(H,21,24). The predicted octanol–water partition coefficient (Wildman–Crippen LogP) is 4.51. The monoisotopic (exact) mass is 343 g/mol. The summed E-state index contributed by atoms with van der Waals surface area (Å²) in [5, 5.41) is 3.35. The van der Waals surface area contributed by atoms with Crippen LogP contribution in [-0.4, -0.2) is 15.5 Å². The highest BCUT2D eigenvalue weighted by molar-refractivity contribution is 6.30. The van der Waals surface area contributed by atoms with Gasteiger partial charge in [0.1, 0.15) is 11.6 Å². The quantitative estimate of drug-likeness (QED) is 0.760. The second-order valence-corrected chi connectivity index (χ2v) is 5.88. The van der Waals surface area contributed by atoms with Gasteiger partial charge in [-0.05, 0) is 42.5 Å². The predicted molar refractivity (Wildman–Crippen MR) is 93.4 cm³/mol. The number of halogens is 2. The van der Waals surface area contributed by atoms with Gasteiger partial charge in [0.25, 0.3) is 0 Å². The minimum absolute atomic E-state index is 0.225. The fraction of sp³-hybridized carbons (Fsp3) is 0.111. The summed E-state index contributed by atoms with van der Waals surface area (Å²) in [5.74, 6) is 0.106. The first-order valence-corrected chi connectivity index (χ1v) is 7.68. The van der Waals surface area contributed by atoms with Crippen LogP contribution in [0.3, 0.4) is 0 Å². The number of carbonyl (C=O) groups is 1. The molecule has 6 heteroatoms. The van der Waals surface area contributed by atoms with E-state index in [1.54, 1.807) is 18.3 Å². The van der Waals surface area contributed by atoms with Crippen LogP contribution in [0.5, 0.6) is 0 Å². The maximum absolute atomic E-state index is 13.7. The smallest absolute Gasteiger partial charge is 0.221 e. The molecule has 0 aliphatic rings. The van der Waals surface area contributed by atoms with Gasteiger partial charge in [-0.2, -0.15) is 0 Å². The number of rotatable bonds is 3. The highest BCUT2D eigenvalue weighted by atomic mass is 35.5. The molecule has 3 rings (SSSR count). The van der Waals surface area contributed by atoms with Crippen LogP contribution in [-0.2, 0) is 11.8 Å². The van der Waals surface area contributed by atoms with Gasteiger partial charge in [0, 0.05) is 36.3 Å². The van der Waals surface area contributed by atoms with Gasteiger partial charge in [-0.25, -0.2) is 9.37 Å². The Morgan fingerprint density at radius 3 is 2.58 bits per heavy atom. The van der Waals surface area contributed by atoms with Gasteiger partial charge in [0.05, 0.1) is 11.4 Å². The zero-order chi connectivity index (χ0) is 17.3. The number of anilines is 1. The molecule has 1 heterocycles. The summed E-state index contributed by atoms with van der Waals surface area (Å²) < 4.78 is 15.5. The fourth-order valence-corrected chi connectivity index (χ4v) is 2.62. The molecule has 0 saturated heterocycles. The van der Waals surface area contributed by atoms with Crippen molar-refractivity contribution < 1.29 is 9.18 Å². The number of carbonyl (C=O) groups excluding carboxylic acids is 1. The Morgan fingerprint density at radius 1 is 1.21 bits per heavy atom. The van der Waals surface area contributed by atoms with E-state index < -0.39 is 5.82 Å². The van der Waals surface area contributed by atoms with Crippen molar-refractivity contribution in [3.8, 4) is 22.6 Å². The van der Waals surface area contributed by atoms with Crippen LogP contribution in [0.1, 0.15) is 6.92 Å². The lowest BCUT2D eigenvalue weighted by atomic mass is 10.1. The molecule has 24 heavy (non-hydrogen) atoms. The molecule has 0 radical (unpaired) electrons. The number of nitrogens with zero attached hydrogens (tertiary/aromatic N) is 2. The second-order valence-electron chi connectivity index (χ2n) is 5.44. The SMILES string of the molecule is CC(=O)Nc1ccc(F)cc1-c1cn(C)c(-c2ccc(Cl)cc2)n1. The van der Waals surface area contributed by atoms with E-state index in [4.69, 9.17) is 11.6 Å². The van der Waals surface area contributed by atoms with E-state index in [1.807, 2.05) is 23.7 Å². The Bertz CT molecular complexity index is 903. The molecule has 0 spiro atoms.